The Morgan fingerprint density at radius 3 is 1.73 bits per heavy atom. The molecule has 4 aliphatic heterocycles. The molecule has 1 saturated carbocycles. The normalized spacial score (nSPS) is 29.0. The molecule has 4 heterocycles. The zero-order chi connectivity index (χ0) is 38.7. The van der Waals surface area contributed by atoms with Gasteiger partial charge in [0.05, 0.1) is 35.3 Å². The second-order valence-electron chi connectivity index (χ2n) is 16.7. The molecule has 0 unspecified atom stereocenters. The van der Waals surface area contributed by atoms with Gasteiger partial charge in [0.1, 0.15) is 0 Å². The summed E-state index contributed by atoms with van der Waals surface area (Å²) in [6.07, 6.45) is 5.75. The molecule has 3 aromatic carbocycles. The molecule has 292 valence electrons. The summed E-state index contributed by atoms with van der Waals surface area (Å²) in [5.74, 6) is -3.51. The quantitative estimate of drug-likeness (QED) is 0.214. The number of piperidine rings is 2. The number of imide groups is 2. The number of ether oxygens (including phenoxy) is 1. The summed E-state index contributed by atoms with van der Waals surface area (Å²) in [6.45, 7) is 4.85. The van der Waals surface area contributed by atoms with Crippen molar-refractivity contribution < 1.29 is 29.0 Å². The molecular formula is C45H49BrN4O6. The second kappa shape index (κ2) is 15.2. The minimum Gasteiger partial charge on any atom is -0.503 e. The number of likely N-dealkylation sites (tertiary alicyclic amines) is 4. The lowest BCUT2D eigenvalue weighted by Gasteiger charge is -2.44. The highest BCUT2D eigenvalue weighted by Gasteiger charge is 2.63. The van der Waals surface area contributed by atoms with Crippen LogP contribution in [0.4, 0.5) is 0 Å². The number of methoxy groups -OCH3 is 1. The van der Waals surface area contributed by atoms with Crippen LogP contribution >= 0.6 is 15.9 Å². The average molecular weight is 822 g/mol. The van der Waals surface area contributed by atoms with Crippen molar-refractivity contribution >= 4 is 39.6 Å². The van der Waals surface area contributed by atoms with Crippen LogP contribution in [-0.2, 0) is 32.3 Å². The van der Waals surface area contributed by atoms with E-state index in [1.165, 1.54) is 18.2 Å². The lowest BCUT2D eigenvalue weighted by Crippen LogP contribution is -2.48. The van der Waals surface area contributed by atoms with E-state index in [-0.39, 0.29) is 53.1 Å². The van der Waals surface area contributed by atoms with Gasteiger partial charge in [-0.25, -0.2) is 0 Å². The van der Waals surface area contributed by atoms with Crippen LogP contribution in [0.3, 0.4) is 0 Å². The molecule has 56 heavy (non-hydrogen) atoms. The van der Waals surface area contributed by atoms with Crippen LogP contribution in [-0.4, -0.2) is 93.7 Å². The van der Waals surface area contributed by atoms with Gasteiger partial charge in [-0.15, -0.1) is 0 Å². The molecule has 2 aliphatic carbocycles. The number of halogens is 1. The van der Waals surface area contributed by atoms with Crippen molar-refractivity contribution in [3.63, 3.8) is 0 Å². The standard InChI is InChI=1S/C45H49BrN4O6/c1-56-37-23-29(22-36(46)41(37)51)38-32-12-13-33-39(44(54)49(42(33)52)30-14-18-47(19-15-30)25-27-8-4-2-5-9-27)34(32)24-35-40(38)45(55)50(43(35)53)31-16-20-48(21-17-31)26-28-10-6-3-7-11-28/h2-12,22-23,30-31,33-35,38-40,51H,13-21,24-26H2,1H3/t33-,34+,35+,38-,39-,40+/m0/s1. The Hall–Kier alpha value is -4.32. The number of nitrogens with zero attached hydrogens (tertiary/aromatic N) is 4. The van der Waals surface area contributed by atoms with Crippen molar-refractivity contribution in [3.05, 3.63) is 106 Å². The van der Waals surface area contributed by atoms with E-state index in [1.54, 1.807) is 15.9 Å². The monoisotopic (exact) mass is 820 g/mol. The van der Waals surface area contributed by atoms with Crippen molar-refractivity contribution in [2.45, 2.75) is 69.6 Å². The highest BCUT2D eigenvalue weighted by atomic mass is 79.9. The van der Waals surface area contributed by atoms with Gasteiger partial charge in [-0.05, 0) is 89.2 Å². The number of phenols is 1. The Kier molecular flexibility index (Phi) is 10.1. The number of rotatable bonds is 8. The predicted molar refractivity (Wildman–Crippen MR) is 213 cm³/mol. The van der Waals surface area contributed by atoms with Crippen LogP contribution in [0.1, 0.15) is 61.1 Å². The largest absolute Gasteiger partial charge is 0.503 e. The SMILES string of the molecule is COc1cc([C@H]2C3=CC[C@@H]4C(=O)N(C5CCN(Cc6ccccc6)CC5)C(=O)[C@@H]4[C@@H]3C[C@H]3C(=O)N(C4CCN(Cc5ccccc5)CC4)C(=O)[C@@H]23)cc(Br)c1O. The second-order valence-corrected chi connectivity index (χ2v) is 17.5. The lowest BCUT2D eigenvalue weighted by molar-refractivity contribution is -0.146. The summed E-state index contributed by atoms with van der Waals surface area (Å²) in [6, 6.07) is 23.9. The zero-order valence-corrected chi connectivity index (χ0v) is 33.4. The Morgan fingerprint density at radius 1 is 0.679 bits per heavy atom. The molecule has 4 amide bonds. The van der Waals surface area contributed by atoms with Gasteiger partial charge in [0.15, 0.2) is 11.5 Å². The number of fused-ring (bicyclic) bond motifs is 4. The van der Waals surface area contributed by atoms with Crippen LogP contribution in [0, 0.1) is 29.6 Å². The minimum atomic E-state index is -0.651. The molecule has 6 aliphatic rings. The van der Waals surface area contributed by atoms with Crippen LogP contribution in [0.5, 0.6) is 11.5 Å². The molecule has 10 nitrogen and oxygen atoms in total. The molecule has 9 rings (SSSR count). The Labute approximate surface area is 336 Å². The molecule has 11 heteroatoms. The Bertz CT molecular complexity index is 2040. The van der Waals surface area contributed by atoms with E-state index in [0.29, 0.717) is 30.2 Å². The van der Waals surface area contributed by atoms with E-state index in [0.717, 1.165) is 63.2 Å². The van der Waals surface area contributed by atoms with Gasteiger partial charge in [-0.1, -0.05) is 72.3 Å². The molecule has 4 saturated heterocycles. The summed E-state index contributed by atoms with van der Waals surface area (Å²) < 4.78 is 6.00. The van der Waals surface area contributed by atoms with Crippen molar-refractivity contribution in [1.29, 1.82) is 0 Å². The predicted octanol–water partition coefficient (Wildman–Crippen LogP) is 6.13. The molecule has 0 spiro atoms. The number of hydrogen-bond donors (Lipinski definition) is 1. The van der Waals surface area contributed by atoms with Crippen LogP contribution < -0.4 is 4.74 Å². The van der Waals surface area contributed by atoms with E-state index in [4.69, 9.17) is 4.74 Å². The fourth-order valence-corrected chi connectivity index (χ4v) is 11.5. The summed E-state index contributed by atoms with van der Waals surface area (Å²) in [7, 11) is 1.49. The van der Waals surface area contributed by atoms with E-state index in [1.807, 2.05) is 42.5 Å². The molecule has 0 bridgehead atoms. The first-order chi connectivity index (χ1) is 27.2. The zero-order valence-electron chi connectivity index (χ0n) is 31.8. The number of phenolic OH excluding ortho intramolecular Hbond substituents is 1. The first-order valence-corrected chi connectivity index (χ1v) is 21.0. The lowest BCUT2D eigenvalue weighted by atomic mass is 9.57. The first kappa shape index (κ1) is 37.3. The number of carbonyl (C=O) groups is 4. The number of amides is 4. The van der Waals surface area contributed by atoms with Crippen molar-refractivity contribution in [3.8, 4) is 11.5 Å². The summed E-state index contributed by atoms with van der Waals surface area (Å²) >= 11 is 3.51. The van der Waals surface area contributed by atoms with E-state index >= 15 is 0 Å². The molecule has 0 radical (unpaired) electrons. The van der Waals surface area contributed by atoms with Gasteiger partial charge in [-0.3, -0.25) is 38.8 Å². The maximum atomic E-state index is 14.8. The van der Waals surface area contributed by atoms with E-state index in [9.17, 15) is 24.3 Å². The number of carbonyl (C=O) groups excluding carboxylic acids is 4. The highest BCUT2D eigenvalue weighted by molar-refractivity contribution is 9.10. The molecule has 6 atom stereocenters. The van der Waals surface area contributed by atoms with E-state index < -0.39 is 29.6 Å². The fraction of sp³-hybridized carbons (Fsp3) is 0.467. The Morgan fingerprint density at radius 2 is 1.20 bits per heavy atom. The Balaban J connectivity index is 0.986. The van der Waals surface area contributed by atoms with Crippen LogP contribution in [0.25, 0.3) is 0 Å². The fourth-order valence-electron chi connectivity index (χ4n) is 11.0. The van der Waals surface area contributed by atoms with Crippen molar-refractivity contribution in [2.24, 2.45) is 29.6 Å². The molecule has 1 N–H and O–H groups in total. The van der Waals surface area contributed by atoms with Crippen LogP contribution in [0.15, 0.2) is 88.9 Å². The third-order valence-corrected chi connectivity index (χ3v) is 14.3. The smallest absolute Gasteiger partial charge is 0.234 e. The number of aromatic hydroxyl groups is 1. The summed E-state index contributed by atoms with van der Waals surface area (Å²) in [5.41, 5.74) is 4.19. The molecule has 5 fully saturated rings. The summed E-state index contributed by atoms with van der Waals surface area (Å²) in [4.78, 5) is 66.3. The topological polar surface area (TPSA) is 111 Å². The molecule has 3 aromatic rings. The third kappa shape index (κ3) is 6.49. The van der Waals surface area contributed by atoms with Gasteiger partial charge in [0.2, 0.25) is 23.6 Å². The van der Waals surface area contributed by atoms with Gasteiger partial charge >= 0.3 is 0 Å². The first-order valence-electron chi connectivity index (χ1n) is 20.2. The maximum absolute atomic E-state index is 14.8. The highest BCUT2D eigenvalue weighted by Crippen LogP contribution is 2.59. The van der Waals surface area contributed by atoms with Gasteiger partial charge in [0.25, 0.3) is 0 Å². The van der Waals surface area contributed by atoms with Gasteiger partial charge < -0.3 is 9.84 Å². The number of hydrogen-bond acceptors (Lipinski definition) is 8. The third-order valence-electron chi connectivity index (χ3n) is 13.7. The molecular weight excluding hydrogens is 772 g/mol. The molecule has 0 aromatic heterocycles. The number of benzene rings is 3. The van der Waals surface area contributed by atoms with Crippen LogP contribution in [0.2, 0.25) is 0 Å². The summed E-state index contributed by atoms with van der Waals surface area (Å²) in [5, 5.41) is 10.8. The maximum Gasteiger partial charge on any atom is 0.234 e. The van der Waals surface area contributed by atoms with Gasteiger partial charge in [0, 0.05) is 57.3 Å². The average Bonchev–Trinajstić information content (AvgIpc) is 3.63. The van der Waals surface area contributed by atoms with Crippen molar-refractivity contribution in [2.75, 3.05) is 33.3 Å². The van der Waals surface area contributed by atoms with E-state index in [2.05, 4.69) is 56.1 Å². The van der Waals surface area contributed by atoms with Gasteiger partial charge in [-0.2, -0.15) is 0 Å². The number of allylic oxidation sites excluding steroid dienone is 2. The van der Waals surface area contributed by atoms with Crippen molar-refractivity contribution in [1.82, 2.24) is 19.6 Å². The minimum absolute atomic E-state index is 0.0439.